The zero-order valence-electron chi connectivity index (χ0n) is 16.2. The fourth-order valence-corrected chi connectivity index (χ4v) is 3.41. The zero-order chi connectivity index (χ0) is 19.6. The average Bonchev–Trinajstić information content (AvgIpc) is 2.98. The number of hydrogen-bond donors (Lipinski definition) is 0. The Bertz CT molecular complexity index is 784. The molecule has 0 aromatic heterocycles. The van der Waals surface area contributed by atoms with Crippen molar-refractivity contribution in [1.82, 2.24) is 9.80 Å². The lowest BCUT2D eigenvalue weighted by atomic mass is 10.1. The van der Waals surface area contributed by atoms with Gasteiger partial charge in [-0.1, -0.05) is 30.3 Å². The predicted octanol–water partition coefficient (Wildman–Crippen LogP) is 3.45. The van der Waals surface area contributed by atoms with Crippen LogP contribution in [0.15, 0.2) is 54.6 Å². The maximum atomic E-state index is 12.5. The number of ether oxygens (including phenoxy) is 1. The predicted molar refractivity (Wildman–Crippen MR) is 109 cm³/mol. The Morgan fingerprint density at radius 3 is 2.54 bits per heavy atom. The number of amides is 1. The van der Waals surface area contributed by atoms with Crippen molar-refractivity contribution in [2.24, 2.45) is 0 Å². The lowest BCUT2D eigenvalue weighted by Gasteiger charge is -2.22. The van der Waals surface area contributed by atoms with E-state index in [4.69, 9.17) is 10.00 Å². The van der Waals surface area contributed by atoms with Crippen LogP contribution in [-0.2, 0) is 11.3 Å². The van der Waals surface area contributed by atoms with E-state index in [9.17, 15) is 4.79 Å². The minimum Gasteiger partial charge on any atom is -0.494 e. The highest BCUT2D eigenvalue weighted by Crippen LogP contribution is 2.12. The second kappa shape index (κ2) is 10.5. The summed E-state index contributed by atoms with van der Waals surface area (Å²) < 4.78 is 5.67. The van der Waals surface area contributed by atoms with E-state index in [1.165, 1.54) is 5.56 Å². The minimum absolute atomic E-state index is 0.219. The molecule has 2 aromatic carbocycles. The van der Waals surface area contributed by atoms with Crippen LogP contribution in [0, 0.1) is 11.3 Å². The number of nitriles is 1. The number of rotatable bonds is 7. The Labute approximate surface area is 167 Å². The van der Waals surface area contributed by atoms with Gasteiger partial charge in [0, 0.05) is 39.1 Å². The first-order valence-corrected chi connectivity index (χ1v) is 9.91. The molecule has 1 fully saturated rings. The van der Waals surface area contributed by atoms with E-state index in [1.54, 1.807) is 0 Å². The van der Waals surface area contributed by atoms with Crippen molar-refractivity contribution in [2.75, 3.05) is 32.8 Å². The second-order valence-corrected chi connectivity index (χ2v) is 7.08. The SMILES string of the molecule is N#Cc1ccc(CN2CCCN(C(=O)CCCOc3ccccc3)CC2)cc1. The summed E-state index contributed by atoms with van der Waals surface area (Å²) in [5, 5.41) is 8.90. The van der Waals surface area contributed by atoms with E-state index < -0.39 is 0 Å². The van der Waals surface area contributed by atoms with Gasteiger partial charge >= 0.3 is 0 Å². The summed E-state index contributed by atoms with van der Waals surface area (Å²) in [4.78, 5) is 16.9. The van der Waals surface area contributed by atoms with Gasteiger partial charge in [-0.3, -0.25) is 9.69 Å². The summed E-state index contributed by atoms with van der Waals surface area (Å²) in [6.07, 6.45) is 2.25. The van der Waals surface area contributed by atoms with Gasteiger partial charge in [0.1, 0.15) is 5.75 Å². The number of hydrogen-bond acceptors (Lipinski definition) is 4. The zero-order valence-corrected chi connectivity index (χ0v) is 16.2. The molecule has 1 saturated heterocycles. The molecule has 2 aromatic rings. The average molecular weight is 377 g/mol. The Balaban J connectivity index is 1.38. The van der Waals surface area contributed by atoms with Crippen LogP contribution in [0.2, 0.25) is 0 Å². The molecule has 1 aliphatic heterocycles. The van der Waals surface area contributed by atoms with Crippen LogP contribution in [0.1, 0.15) is 30.4 Å². The van der Waals surface area contributed by atoms with E-state index >= 15 is 0 Å². The highest BCUT2D eigenvalue weighted by atomic mass is 16.5. The standard InChI is InChI=1S/C23H27N3O2/c24-18-20-9-11-21(12-10-20)19-25-13-5-14-26(16-15-25)23(27)8-4-17-28-22-6-2-1-3-7-22/h1-3,6-7,9-12H,4-5,8,13-17,19H2. The number of carbonyl (C=O) groups excluding carboxylic acids is 1. The van der Waals surface area contributed by atoms with Gasteiger partial charge in [0.15, 0.2) is 0 Å². The number of carbonyl (C=O) groups is 1. The van der Waals surface area contributed by atoms with Crippen molar-refractivity contribution in [1.29, 1.82) is 5.26 Å². The van der Waals surface area contributed by atoms with Gasteiger partial charge in [-0.05, 0) is 42.7 Å². The van der Waals surface area contributed by atoms with Gasteiger partial charge in [-0.2, -0.15) is 5.26 Å². The monoisotopic (exact) mass is 377 g/mol. The summed E-state index contributed by atoms with van der Waals surface area (Å²) in [5.41, 5.74) is 1.89. The minimum atomic E-state index is 0.219. The lowest BCUT2D eigenvalue weighted by Crippen LogP contribution is -2.35. The van der Waals surface area contributed by atoms with Crippen LogP contribution < -0.4 is 4.74 Å². The van der Waals surface area contributed by atoms with Crippen LogP contribution >= 0.6 is 0 Å². The molecule has 0 atom stereocenters. The van der Waals surface area contributed by atoms with Gasteiger partial charge in [-0.25, -0.2) is 0 Å². The third-order valence-electron chi connectivity index (χ3n) is 4.98. The Kier molecular flexibility index (Phi) is 7.45. The first-order valence-electron chi connectivity index (χ1n) is 9.91. The Morgan fingerprint density at radius 2 is 1.79 bits per heavy atom. The third-order valence-corrected chi connectivity index (χ3v) is 4.98. The van der Waals surface area contributed by atoms with E-state index in [0.29, 0.717) is 18.6 Å². The van der Waals surface area contributed by atoms with E-state index in [2.05, 4.69) is 11.0 Å². The molecule has 146 valence electrons. The Hall–Kier alpha value is -2.84. The fourth-order valence-electron chi connectivity index (χ4n) is 3.41. The van der Waals surface area contributed by atoms with Crippen LogP contribution in [0.5, 0.6) is 5.75 Å². The normalized spacial score (nSPS) is 14.9. The van der Waals surface area contributed by atoms with Crippen molar-refractivity contribution in [3.63, 3.8) is 0 Å². The third kappa shape index (κ3) is 6.11. The fraction of sp³-hybridized carbons (Fsp3) is 0.391. The van der Waals surface area contributed by atoms with E-state index in [1.807, 2.05) is 59.5 Å². The van der Waals surface area contributed by atoms with Crippen molar-refractivity contribution >= 4 is 5.91 Å². The van der Waals surface area contributed by atoms with Crippen LogP contribution in [0.4, 0.5) is 0 Å². The summed E-state index contributed by atoms with van der Waals surface area (Å²) in [5.74, 6) is 1.07. The molecule has 0 unspecified atom stereocenters. The van der Waals surface area contributed by atoms with Gasteiger partial charge in [0.25, 0.3) is 0 Å². The largest absolute Gasteiger partial charge is 0.494 e. The van der Waals surface area contributed by atoms with Gasteiger partial charge < -0.3 is 9.64 Å². The first kappa shape index (κ1) is 19.9. The molecule has 0 saturated carbocycles. The molecule has 28 heavy (non-hydrogen) atoms. The molecule has 1 heterocycles. The van der Waals surface area contributed by atoms with Gasteiger partial charge in [-0.15, -0.1) is 0 Å². The quantitative estimate of drug-likeness (QED) is 0.694. The van der Waals surface area contributed by atoms with Gasteiger partial charge in [0.2, 0.25) is 5.91 Å². The van der Waals surface area contributed by atoms with E-state index in [-0.39, 0.29) is 5.91 Å². The molecule has 1 amide bonds. The number of nitrogens with zero attached hydrogens (tertiary/aromatic N) is 3. The summed E-state index contributed by atoms with van der Waals surface area (Å²) >= 11 is 0. The maximum Gasteiger partial charge on any atom is 0.222 e. The highest BCUT2D eigenvalue weighted by molar-refractivity contribution is 5.76. The number of benzene rings is 2. The van der Waals surface area contributed by atoms with Crippen molar-refractivity contribution in [2.45, 2.75) is 25.8 Å². The number of para-hydroxylation sites is 1. The topological polar surface area (TPSA) is 56.6 Å². The molecule has 1 aliphatic rings. The lowest BCUT2D eigenvalue weighted by molar-refractivity contribution is -0.131. The molecular formula is C23H27N3O2. The van der Waals surface area contributed by atoms with Crippen LogP contribution in [0.3, 0.4) is 0 Å². The summed E-state index contributed by atoms with van der Waals surface area (Å²) in [6, 6.07) is 19.6. The van der Waals surface area contributed by atoms with Gasteiger partial charge in [0.05, 0.1) is 18.2 Å². The van der Waals surface area contributed by atoms with Crippen LogP contribution in [-0.4, -0.2) is 48.5 Å². The molecule has 0 aliphatic carbocycles. The highest BCUT2D eigenvalue weighted by Gasteiger charge is 2.19. The molecule has 0 radical (unpaired) electrons. The van der Waals surface area contributed by atoms with Crippen molar-refractivity contribution in [3.8, 4) is 11.8 Å². The summed E-state index contributed by atoms with van der Waals surface area (Å²) in [7, 11) is 0. The molecular weight excluding hydrogens is 350 g/mol. The molecule has 5 heteroatoms. The molecule has 0 spiro atoms. The van der Waals surface area contributed by atoms with E-state index in [0.717, 1.165) is 51.3 Å². The van der Waals surface area contributed by atoms with Crippen molar-refractivity contribution in [3.05, 3.63) is 65.7 Å². The first-order chi connectivity index (χ1) is 13.7. The molecule has 3 rings (SSSR count). The molecule has 0 bridgehead atoms. The molecule has 0 N–H and O–H groups in total. The van der Waals surface area contributed by atoms with Crippen molar-refractivity contribution < 1.29 is 9.53 Å². The smallest absolute Gasteiger partial charge is 0.222 e. The Morgan fingerprint density at radius 1 is 1.00 bits per heavy atom. The molecule has 5 nitrogen and oxygen atoms in total. The maximum absolute atomic E-state index is 12.5. The van der Waals surface area contributed by atoms with Crippen LogP contribution in [0.25, 0.3) is 0 Å². The second-order valence-electron chi connectivity index (χ2n) is 7.08. The summed E-state index contributed by atoms with van der Waals surface area (Å²) in [6.45, 7) is 4.89.